The van der Waals surface area contributed by atoms with Crippen LogP contribution in [-0.2, 0) is 0 Å². The van der Waals surface area contributed by atoms with Crippen molar-refractivity contribution in [2.24, 2.45) is 0 Å². The lowest BCUT2D eigenvalue weighted by Crippen LogP contribution is -2.18. The largest absolute Gasteiger partial charge is 0.486 e. The van der Waals surface area contributed by atoms with E-state index in [1.165, 1.54) is 17.1 Å². The second-order valence-electron chi connectivity index (χ2n) is 3.64. The van der Waals surface area contributed by atoms with Crippen LogP contribution in [0.2, 0.25) is 0 Å². The van der Waals surface area contributed by atoms with Crippen LogP contribution in [0.3, 0.4) is 0 Å². The summed E-state index contributed by atoms with van der Waals surface area (Å²) < 4.78 is 11.0. The lowest BCUT2D eigenvalue weighted by Gasteiger charge is -2.27. The van der Waals surface area contributed by atoms with Crippen LogP contribution in [0.15, 0.2) is 18.2 Å². The molecule has 2 aliphatic heterocycles. The zero-order valence-corrected chi connectivity index (χ0v) is 8.68. The molecule has 2 aliphatic rings. The maximum atomic E-state index is 5.55. The first kappa shape index (κ1) is 8.48. The summed E-state index contributed by atoms with van der Waals surface area (Å²) in [5, 5.41) is 0. The number of rotatable bonds is 1. The second-order valence-corrected chi connectivity index (χ2v) is 4.71. The van der Waals surface area contributed by atoms with Gasteiger partial charge in [-0.2, -0.15) is 11.8 Å². The maximum absolute atomic E-state index is 5.55. The van der Waals surface area contributed by atoms with Gasteiger partial charge in [-0.3, -0.25) is 0 Å². The van der Waals surface area contributed by atoms with E-state index in [2.05, 4.69) is 12.1 Å². The fourth-order valence-corrected chi connectivity index (χ4v) is 2.60. The Bertz CT molecular complexity index is 347. The minimum Gasteiger partial charge on any atom is -0.486 e. The molecule has 0 N–H and O–H groups in total. The molecule has 74 valence electrons. The molecule has 14 heavy (non-hydrogen) atoms. The summed E-state index contributed by atoms with van der Waals surface area (Å²) >= 11 is 2.01. The fourth-order valence-electron chi connectivity index (χ4n) is 1.74. The third kappa shape index (κ3) is 1.36. The van der Waals surface area contributed by atoms with Gasteiger partial charge in [0.25, 0.3) is 0 Å². The van der Waals surface area contributed by atoms with Crippen molar-refractivity contribution in [1.29, 1.82) is 0 Å². The summed E-state index contributed by atoms with van der Waals surface area (Å²) in [5.41, 5.74) is 1.40. The molecule has 0 spiro atoms. The van der Waals surface area contributed by atoms with Crippen molar-refractivity contribution in [3.05, 3.63) is 23.8 Å². The van der Waals surface area contributed by atoms with Crippen LogP contribution in [-0.4, -0.2) is 24.7 Å². The molecule has 2 nitrogen and oxygen atoms in total. The summed E-state index contributed by atoms with van der Waals surface area (Å²) in [7, 11) is 0. The van der Waals surface area contributed by atoms with Crippen LogP contribution >= 0.6 is 11.8 Å². The van der Waals surface area contributed by atoms with Gasteiger partial charge < -0.3 is 9.47 Å². The summed E-state index contributed by atoms with van der Waals surface area (Å²) in [6, 6.07) is 6.34. The first-order valence-electron chi connectivity index (χ1n) is 4.91. The van der Waals surface area contributed by atoms with Crippen molar-refractivity contribution < 1.29 is 9.47 Å². The number of hydrogen-bond donors (Lipinski definition) is 0. The molecule has 0 amide bonds. The lowest BCUT2D eigenvalue weighted by atomic mass is 10.0. The molecule has 1 fully saturated rings. The van der Waals surface area contributed by atoms with E-state index in [-0.39, 0.29) is 0 Å². The summed E-state index contributed by atoms with van der Waals surface area (Å²) in [5.74, 6) is 5.05. The van der Waals surface area contributed by atoms with Gasteiger partial charge in [0, 0.05) is 17.4 Å². The molecule has 0 saturated carbocycles. The Morgan fingerprint density at radius 3 is 2.57 bits per heavy atom. The number of ether oxygens (including phenoxy) is 2. The molecule has 1 saturated heterocycles. The van der Waals surface area contributed by atoms with Gasteiger partial charge in [-0.05, 0) is 17.7 Å². The highest BCUT2D eigenvalue weighted by molar-refractivity contribution is 8.00. The van der Waals surface area contributed by atoms with Crippen molar-refractivity contribution in [2.75, 3.05) is 24.7 Å². The van der Waals surface area contributed by atoms with Crippen molar-refractivity contribution in [3.63, 3.8) is 0 Å². The van der Waals surface area contributed by atoms with E-state index in [9.17, 15) is 0 Å². The molecule has 0 radical (unpaired) electrons. The van der Waals surface area contributed by atoms with E-state index in [1.54, 1.807) is 0 Å². The maximum Gasteiger partial charge on any atom is 0.161 e. The van der Waals surface area contributed by atoms with Crippen molar-refractivity contribution in [3.8, 4) is 11.5 Å². The molecule has 3 heteroatoms. The Hall–Kier alpha value is -0.830. The molecule has 0 bridgehead atoms. The highest BCUT2D eigenvalue weighted by Crippen LogP contribution is 2.38. The Morgan fingerprint density at radius 2 is 1.86 bits per heavy atom. The van der Waals surface area contributed by atoms with E-state index in [4.69, 9.17) is 9.47 Å². The molecule has 0 aliphatic carbocycles. The number of hydrogen-bond acceptors (Lipinski definition) is 3. The zero-order valence-electron chi connectivity index (χ0n) is 7.86. The molecule has 0 aromatic heterocycles. The molecule has 0 atom stereocenters. The van der Waals surface area contributed by atoms with E-state index in [0.717, 1.165) is 17.4 Å². The first-order chi connectivity index (χ1) is 6.93. The highest BCUT2D eigenvalue weighted by atomic mass is 32.2. The van der Waals surface area contributed by atoms with Gasteiger partial charge in [0.1, 0.15) is 13.2 Å². The van der Waals surface area contributed by atoms with Crippen molar-refractivity contribution in [2.45, 2.75) is 5.92 Å². The van der Waals surface area contributed by atoms with Gasteiger partial charge in [0.15, 0.2) is 11.5 Å². The molecular weight excluding hydrogens is 196 g/mol. The van der Waals surface area contributed by atoms with Crippen LogP contribution in [0.25, 0.3) is 0 Å². The van der Waals surface area contributed by atoms with Crippen LogP contribution in [0.5, 0.6) is 11.5 Å². The number of thioether (sulfide) groups is 1. The monoisotopic (exact) mass is 208 g/mol. The van der Waals surface area contributed by atoms with Gasteiger partial charge in [0.2, 0.25) is 0 Å². The van der Waals surface area contributed by atoms with Crippen molar-refractivity contribution >= 4 is 11.8 Å². The first-order valence-corrected chi connectivity index (χ1v) is 6.06. The molecule has 3 rings (SSSR count). The smallest absolute Gasteiger partial charge is 0.161 e. The summed E-state index contributed by atoms with van der Waals surface area (Å²) in [6.45, 7) is 1.35. The topological polar surface area (TPSA) is 18.5 Å². The Kier molecular flexibility index (Phi) is 2.05. The predicted octanol–water partition coefficient (Wildman–Crippen LogP) is 2.29. The van der Waals surface area contributed by atoms with Crippen LogP contribution in [0.1, 0.15) is 11.5 Å². The van der Waals surface area contributed by atoms with Crippen molar-refractivity contribution in [1.82, 2.24) is 0 Å². The average molecular weight is 208 g/mol. The number of benzene rings is 1. The predicted molar refractivity (Wildman–Crippen MR) is 57.5 cm³/mol. The van der Waals surface area contributed by atoms with E-state index in [0.29, 0.717) is 13.2 Å². The van der Waals surface area contributed by atoms with Gasteiger partial charge in [-0.25, -0.2) is 0 Å². The SMILES string of the molecule is c1cc2c(cc1C1CSC1)OCCO2. The Labute approximate surface area is 87.6 Å². The Morgan fingerprint density at radius 1 is 1.07 bits per heavy atom. The van der Waals surface area contributed by atoms with Gasteiger partial charge in [-0.1, -0.05) is 6.07 Å². The lowest BCUT2D eigenvalue weighted by molar-refractivity contribution is 0.171. The minimum absolute atomic E-state index is 0.672. The average Bonchev–Trinajstić information content (AvgIpc) is 2.15. The van der Waals surface area contributed by atoms with Crippen LogP contribution in [0, 0.1) is 0 Å². The second kappa shape index (κ2) is 3.39. The highest BCUT2D eigenvalue weighted by Gasteiger charge is 2.22. The van der Waals surface area contributed by atoms with E-state index < -0.39 is 0 Å². The minimum atomic E-state index is 0.672. The normalized spacial score (nSPS) is 20.3. The van der Waals surface area contributed by atoms with Gasteiger partial charge in [-0.15, -0.1) is 0 Å². The molecule has 0 unspecified atom stereocenters. The molecule has 1 aromatic rings. The van der Waals surface area contributed by atoms with E-state index in [1.807, 2.05) is 17.8 Å². The number of fused-ring (bicyclic) bond motifs is 1. The zero-order chi connectivity index (χ0) is 9.38. The molecule has 2 heterocycles. The standard InChI is InChI=1S/C11H12O2S/c1-2-10-11(13-4-3-12-10)5-8(1)9-6-14-7-9/h1-2,5,9H,3-4,6-7H2. The van der Waals surface area contributed by atoms with Crippen LogP contribution in [0.4, 0.5) is 0 Å². The Balaban J connectivity index is 1.92. The molecule has 1 aromatic carbocycles. The third-order valence-corrected chi connectivity index (χ3v) is 3.95. The van der Waals surface area contributed by atoms with E-state index >= 15 is 0 Å². The summed E-state index contributed by atoms with van der Waals surface area (Å²) in [4.78, 5) is 0. The third-order valence-electron chi connectivity index (χ3n) is 2.68. The van der Waals surface area contributed by atoms with Gasteiger partial charge >= 0.3 is 0 Å². The van der Waals surface area contributed by atoms with Crippen LogP contribution < -0.4 is 9.47 Å². The summed E-state index contributed by atoms with van der Waals surface area (Å²) in [6.07, 6.45) is 0. The molecular formula is C11H12O2S. The van der Waals surface area contributed by atoms with Gasteiger partial charge in [0.05, 0.1) is 0 Å². The fraction of sp³-hybridized carbons (Fsp3) is 0.455. The quantitative estimate of drug-likeness (QED) is 0.705.